The number of benzene rings is 1. The molecule has 0 unspecified atom stereocenters. The Morgan fingerprint density at radius 2 is 2.14 bits per heavy atom. The Kier molecular flexibility index (Phi) is 4.55. The highest BCUT2D eigenvalue weighted by Crippen LogP contribution is 2.26. The second-order valence-corrected chi connectivity index (χ2v) is 6.73. The quantitative estimate of drug-likeness (QED) is 0.780. The predicted octanol–water partition coefficient (Wildman–Crippen LogP) is 3.21. The number of aromatic nitrogens is 3. The molecular weight excluding hydrogens is 316 g/mol. The maximum Gasteiger partial charge on any atom is 0.229 e. The number of carbonyl (C=O) groups excluding carboxylic acids is 1. The maximum atomic E-state index is 11.9. The first kappa shape index (κ1) is 14.8. The van der Waals surface area contributed by atoms with Crippen LogP contribution < -0.4 is 5.32 Å². The predicted molar refractivity (Wildman–Crippen MR) is 88.2 cm³/mol. The van der Waals surface area contributed by atoms with Gasteiger partial charge in [-0.05, 0) is 47.5 Å². The van der Waals surface area contributed by atoms with Crippen molar-refractivity contribution in [2.24, 2.45) is 7.05 Å². The Morgan fingerprint density at radius 3 is 2.77 bits per heavy atom. The zero-order valence-electron chi connectivity index (χ0n) is 11.9. The van der Waals surface area contributed by atoms with E-state index in [1.807, 2.05) is 53.4 Å². The van der Waals surface area contributed by atoms with Crippen molar-refractivity contribution in [3.05, 3.63) is 53.0 Å². The second-order valence-electron chi connectivity index (χ2n) is 4.66. The number of nitrogens with one attached hydrogen (secondary N) is 1. The third-order valence-electron chi connectivity index (χ3n) is 2.93. The van der Waals surface area contributed by atoms with E-state index >= 15 is 0 Å². The van der Waals surface area contributed by atoms with Gasteiger partial charge in [-0.3, -0.25) is 4.79 Å². The molecule has 3 aromatic rings. The largest absolute Gasteiger partial charge is 0.326 e. The standard InChI is InChI=1S/C15H14N4OS2/c1-19-10-16-18-15(19)22-12-6-4-11(5-7-12)17-14(20)9-13-3-2-8-21-13/h2-8,10H,9H2,1H3,(H,17,20). The van der Waals surface area contributed by atoms with E-state index in [0.717, 1.165) is 20.6 Å². The van der Waals surface area contributed by atoms with Crippen LogP contribution in [0.2, 0.25) is 0 Å². The van der Waals surface area contributed by atoms with E-state index in [0.29, 0.717) is 6.42 Å². The molecule has 0 saturated heterocycles. The monoisotopic (exact) mass is 330 g/mol. The Morgan fingerprint density at radius 1 is 1.32 bits per heavy atom. The molecule has 22 heavy (non-hydrogen) atoms. The molecule has 1 amide bonds. The van der Waals surface area contributed by atoms with Crippen molar-refractivity contribution in [3.8, 4) is 0 Å². The van der Waals surface area contributed by atoms with Crippen LogP contribution in [0.25, 0.3) is 0 Å². The molecule has 0 atom stereocenters. The van der Waals surface area contributed by atoms with E-state index in [9.17, 15) is 4.79 Å². The topological polar surface area (TPSA) is 59.8 Å². The number of thiophene rings is 1. The van der Waals surface area contributed by atoms with Crippen LogP contribution in [0.4, 0.5) is 5.69 Å². The van der Waals surface area contributed by atoms with Crippen molar-refractivity contribution >= 4 is 34.7 Å². The normalized spacial score (nSPS) is 10.6. The molecule has 7 heteroatoms. The van der Waals surface area contributed by atoms with E-state index < -0.39 is 0 Å². The zero-order valence-corrected chi connectivity index (χ0v) is 13.5. The molecule has 0 bridgehead atoms. The van der Waals surface area contributed by atoms with E-state index in [2.05, 4.69) is 15.5 Å². The first-order chi connectivity index (χ1) is 10.7. The highest BCUT2D eigenvalue weighted by Gasteiger charge is 2.06. The van der Waals surface area contributed by atoms with Crippen LogP contribution in [0.15, 0.2) is 58.2 Å². The Bertz CT molecular complexity index is 750. The molecule has 0 radical (unpaired) electrons. The Hall–Kier alpha value is -2.12. The van der Waals surface area contributed by atoms with Crippen LogP contribution in [0.5, 0.6) is 0 Å². The summed E-state index contributed by atoms with van der Waals surface area (Å²) in [5.41, 5.74) is 0.795. The molecule has 1 N–H and O–H groups in total. The van der Waals surface area contributed by atoms with Gasteiger partial charge in [0.05, 0.1) is 6.42 Å². The molecule has 112 valence electrons. The minimum atomic E-state index is -0.00356. The van der Waals surface area contributed by atoms with Gasteiger partial charge in [-0.15, -0.1) is 21.5 Å². The summed E-state index contributed by atoms with van der Waals surface area (Å²) in [6, 6.07) is 11.6. The van der Waals surface area contributed by atoms with Crippen LogP contribution in [-0.2, 0) is 18.3 Å². The Labute approximate surface area is 136 Å². The van der Waals surface area contributed by atoms with Gasteiger partial charge in [0, 0.05) is 22.5 Å². The van der Waals surface area contributed by atoms with Crippen LogP contribution in [0.3, 0.4) is 0 Å². The summed E-state index contributed by atoms with van der Waals surface area (Å²) in [5.74, 6) is -0.00356. The number of hydrogen-bond donors (Lipinski definition) is 1. The van der Waals surface area contributed by atoms with Crippen LogP contribution in [0.1, 0.15) is 4.88 Å². The highest BCUT2D eigenvalue weighted by molar-refractivity contribution is 7.99. The molecule has 0 spiro atoms. The number of amides is 1. The zero-order chi connectivity index (χ0) is 15.4. The third kappa shape index (κ3) is 3.75. The van der Waals surface area contributed by atoms with Crippen molar-refractivity contribution < 1.29 is 4.79 Å². The van der Waals surface area contributed by atoms with Gasteiger partial charge in [-0.2, -0.15) is 0 Å². The van der Waals surface area contributed by atoms with Crippen LogP contribution in [-0.4, -0.2) is 20.7 Å². The third-order valence-corrected chi connectivity index (χ3v) is 4.87. The van der Waals surface area contributed by atoms with E-state index in [1.165, 1.54) is 11.8 Å². The van der Waals surface area contributed by atoms with E-state index in [1.54, 1.807) is 17.7 Å². The molecule has 3 rings (SSSR count). The van der Waals surface area contributed by atoms with Crippen LogP contribution in [0, 0.1) is 0 Å². The number of carbonyl (C=O) groups is 1. The molecule has 0 aliphatic carbocycles. The van der Waals surface area contributed by atoms with Gasteiger partial charge in [-0.1, -0.05) is 6.07 Å². The lowest BCUT2D eigenvalue weighted by atomic mass is 10.3. The van der Waals surface area contributed by atoms with Gasteiger partial charge in [0.25, 0.3) is 0 Å². The molecule has 0 fully saturated rings. The summed E-state index contributed by atoms with van der Waals surface area (Å²) in [5, 5.41) is 13.6. The number of hydrogen-bond acceptors (Lipinski definition) is 5. The second kappa shape index (κ2) is 6.76. The lowest BCUT2D eigenvalue weighted by Crippen LogP contribution is -2.13. The van der Waals surface area contributed by atoms with Crippen molar-refractivity contribution in [1.29, 1.82) is 0 Å². The summed E-state index contributed by atoms with van der Waals surface area (Å²) in [7, 11) is 1.90. The Balaban J connectivity index is 1.59. The first-order valence-corrected chi connectivity index (χ1v) is 8.34. The molecule has 0 aliphatic rings. The van der Waals surface area contributed by atoms with Gasteiger partial charge >= 0.3 is 0 Å². The lowest BCUT2D eigenvalue weighted by molar-refractivity contribution is -0.115. The molecule has 2 heterocycles. The molecule has 1 aromatic carbocycles. The SMILES string of the molecule is Cn1cnnc1Sc1ccc(NC(=O)Cc2cccs2)cc1. The van der Waals surface area contributed by atoms with Crippen molar-refractivity contribution in [2.45, 2.75) is 16.5 Å². The number of rotatable bonds is 5. The van der Waals surface area contributed by atoms with E-state index in [4.69, 9.17) is 0 Å². The summed E-state index contributed by atoms with van der Waals surface area (Å²) >= 11 is 3.12. The minimum absolute atomic E-state index is 0.00356. The number of nitrogens with zero attached hydrogens (tertiary/aromatic N) is 3. The lowest BCUT2D eigenvalue weighted by Gasteiger charge is -2.06. The summed E-state index contributed by atoms with van der Waals surface area (Å²) in [4.78, 5) is 14.0. The van der Waals surface area contributed by atoms with Crippen molar-refractivity contribution in [2.75, 3.05) is 5.32 Å². The van der Waals surface area contributed by atoms with Crippen molar-refractivity contribution in [3.63, 3.8) is 0 Å². The minimum Gasteiger partial charge on any atom is -0.326 e. The summed E-state index contributed by atoms with van der Waals surface area (Å²) < 4.78 is 1.86. The molecule has 0 saturated carbocycles. The van der Waals surface area contributed by atoms with Gasteiger partial charge < -0.3 is 9.88 Å². The fourth-order valence-electron chi connectivity index (χ4n) is 1.85. The van der Waals surface area contributed by atoms with Gasteiger partial charge in [0.1, 0.15) is 6.33 Å². The average molecular weight is 330 g/mol. The van der Waals surface area contributed by atoms with Crippen molar-refractivity contribution in [1.82, 2.24) is 14.8 Å². The van der Waals surface area contributed by atoms with Gasteiger partial charge in [0.2, 0.25) is 5.91 Å². The molecule has 0 aliphatic heterocycles. The summed E-state index contributed by atoms with van der Waals surface area (Å²) in [6.07, 6.45) is 2.08. The molecule has 2 aromatic heterocycles. The van der Waals surface area contributed by atoms with Crippen LogP contribution >= 0.6 is 23.1 Å². The summed E-state index contributed by atoms with van der Waals surface area (Å²) in [6.45, 7) is 0. The smallest absolute Gasteiger partial charge is 0.229 e. The van der Waals surface area contributed by atoms with Gasteiger partial charge in [-0.25, -0.2) is 0 Å². The molecular formula is C15H14N4OS2. The first-order valence-electron chi connectivity index (χ1n) is 6.65. The van der Waals surface area contributed by atoms with Gasteiger partial charge in [0.15, 0.2) is 5.16 Å². The number of anilines is 1. The fraction of sp³-hybridized carbons (Fsp3) is 0.133. The highest BCUT2D eigenvalue weighted by atomic mass is 32.2. The maximum absolute atomic E-state index is 11.9. The average Bonchev–Trinajstić information content (AvgIpc) is 3.14. The fourth-order valence-corrected chi connectivity index (χ4v) is 3.32. The molecule has 5 nitrogen and oxygen atoms in total. The number of aryl methyl sites for hydroxylation is 1. The van der Waals surface area contributed by atoms with E-state index in [-0.39, 0.29) is 5.91 Å².